The summed E-state index contributed by atoms with van der Waals surface area (Å²) in [6, 6.07) is 2.33. The van der Waals surface area contributed by atoms with Crippen LogP contribution in [-0.2, 0) is 9.53 Å². The summed E-state index contributed by atoms with van der Waals surface area (Å²) in [5, 5.41) is 7.26. The fourth-order valence-electron chi connectivity index (χ4n) is 4.06. The van der Waals surface area contributed by atoms with Crippen molar-refractivity contribution < 1.29 is 14.3 Å². The summed E-state index contributed by atoms with van der Waals surface area (Å²) in [5.41, 5.74) is 1.30. The van der Waals surface area contributed by atoms with Crippen molar-refractivity contribution in [3.05, 3.63) is 22.4 Å². The maximum absolute atomic E-state index is 12.8. The highest BCUT2D eigenvalue weighted by atomic mass is 32.1. The zero-order chi connectivity index (χ0) is 16.7. The van der Waals surface area contributed by atoms with Crippen LogP contribution in [0.5, 0.6) is 0 Å². The first-order valence-electron chi connectivity index (χ1n) is 8.56. The van der Waals surface area contributed by atoms with Gasteiger partial charge in [0.15, 0.2) is 0 Å². The number of nitrogens with one attached hydrogen (secondary N) is 1. The lowest BCUT2D eigenvalue weighted by atomic mass is 9.99. The molecule has 0 aromatic carbocycles. The minimum atomic E-state index is -0.0288. The molecule has 2 saturated heterocycles. The molecule has 2 aliphatic heterocycles. The molecule has 0 bridgehead atoms. The number of thiophene rings is 1. The van der Waals surface area contributed by atoms with E-state index in [9.17, 15) is 9.59 Å². The number of fused-ring (bicyclic) bond motifs is 1. The van der Waals surface area contributed by atoms with Gasteiger partial charge in [0.25, 0.3) is 0 Å². The molecule has 3 amide bonds. The predicted octanol–water partition coefficient (Wildman–Crippen LogP) is 1.49. The van der Waals surface area contributed by atoms with Crippen LogP contribution in [0.1, 0.15) is 24.3 Å². The summed E-state index contributed by atoms with van der Waals surface area (Å²) < 4.78 is 5.09. The zero-order valence-corrected chi connectivity index (χ0v) is 14.6. The molecule has 130 valence electrons. The maximum atomic E-state index is 12.8. The third-order valence-corrected chi connectivity index (χ3v) is 6.17. The van der Waals surface area contributed by atoms with Gasteiger partial charge in [-0.3, -0.25) is 4.79 Å². The van der Waals surface area contributed by atoms with Crippen molar-refractivity contribution in [1.82, 2.24) is 15.1 Å². The first-order valence-corrected chi connectivity index (χ1v) is 9.50. The van der Waals surface area contributed by atoms with Crippen LogP contribution in [0.3, 0.4) is 0 Å². The van der Waals surface area contributed by atoms with Gasteiger partial charge >= 0.3 is 6.03 Å². The fraction of sp³-hybridized carbons (Fsp3) is 0.647. The Hall–Kier alpha value is -1.60. The molecule has 1 N–H and O–H groups in total. The molecule has 1 aromatic heterocycles. The molecule has 3 aliphatic rings. The molecule has 7 heteroatoms. The molecule has 1 aromatic rings. The van der Waals surface area contributed by atoms with E-state index in [1.807, 2.05) is 9.80 Å². The number of hydrogen-bond donors (Lipinski definition) is 1. The molecule has 0 spiro atoms. The fourth-order valence-corrected chi connectivity index (χ4v) is 4.79. The standard InChI is InChI=1S/C17H23N3O3S/c1-23-6-5-20-15-2-4-19(9-14(15)18-17(20)22)16(21)13-8-12(13)11-3-7-24-10-11/h3,7,10,12-15H,2,4-6,8-9H2,1H3,(H,18,22)/t12-,13+,14-,15+/m0/s1. The largest absolute Gasteiger partial charge is 0.383 e. The number of rotatable bonds is 5. The molecule has 0 unspecified atom stereocenters. The van der Waals surface area contributed by atoms with Gasteiger partial charge < -0.3 is 19.9 Å². The Balaban J connectivity index is 1.35. The highest BCUT2D eigenvalue weighted by molar-refractivity contribution is 7.08. The first-order chi connectivity index (χ1) is 11.7. The van der Waals surface area contributed by atoms with Gasteiger partial charge in [0, 0.05) is 32.7 Å². The predicted molar refractivity (Wildman–Crippen MR) is 91.1 cm³/mol. The third-order valence-electron chi connectivity index (χ3n) is 5.47. The van der Waals surface area contributed by atoms with Gasteiger partial charge in [0.1, 0.15) is 0 Å². The van der Waals surface area contributed by atoms with E-state index < -0.39 is 0 Å². The number of ether oxygens (including phenoxy) is 1. The van der Waals surface area contributed by atoms with Gasteiger partial charge in [-0.1, -0.05) is 0 Å². The van der Waals surface area contributed by atoms with Crippen LogP contribution >= 0.6 is 11.3 Å². The lowest BCUT2D eigenvalue weighted by molar-refractivity contribution is -0.134. The average molecular weight is 349 g/mol. The van der Waals surface area contributed by atoms with Crippen LogP contribution in [0.2, 0.25) is 0 Å². The number of urea groups is 1. The number of nitrogens with zero attached hydrogens (tertiary/aromatic N) is 2. The molecule has 4 atom stereocenters. The highest BCUT2D eigenvalue weighted by Gasteiger charge is 2.49. The monoisotopic (exact) mass is 349 g/mol. The Morgan fingerprint density at radius 1 is 1.50 bits per heavy atom. The van der Waals surface area contributed by atoms with Gasteiger partial charge in [0.05, 0.1) is 18.7 Å². The number of carbonyl (C=O) groups is 2. The van der Waals surface area contributed by atoms with Gasteiger partial charge in [-0.2, -0.15) is 11.3 Å². The lowest BCUT2D eigenvalue weighted by Gasteiger charge is -2.36. The van der Waals surface area contributed by atoms with Crippen LogP contribution in [0, 0.1) is 5.92 Å². The van der Waals surface area contributed by atoms with Crippen LogP contribution < -0.4 is 5.32 Å². The van der Waals surface area contributed by atoms with Crippen LogP contribution in [0.4, 0.5) is 4.79 Å². The number of amides is 3. The molecule has 1 saturated carbocycles. The SMILES string of the molecule is COCCN1C(=O)N[C@H]2CN(C(=O)[C@@H]3C[C@H]3c3ccsc3)CC[C@H]21. The Bertz CT molecular complexity index is 621. The topological polar surface area (TPSA) is 61.9 Å². The highest BCUT2D eigenvalue weighted by Crippen LogP contribution is 2.49. The van der Waals surface area contributed by atoms with Crippen molar-refractivity contribution in [1.29, 1.82) is 0 Å². The van der Waals surface area contributed by atoms with Gasteiger partial charge in [-0.05, 0) is 41.1 Å². The summed E-state index contributed by atoms with van der Waals surface area (Å²) in [4.78, 5) is 28.7. The lowest BCUT2D eigenvalue weighted by Crippen LogP contribution is -2.53. The van der Waals surface area contributed by atoms with Crippen LogP contribution in [0.15, 0.2) is 16.8 Å². The van der Waals surface area contributed by atoms with Gasteiger partial charge in [0.2, 0.25) is 5.91 Å². The normalized spacial score (nSPS) is 31.8. The van der Waals surface area contributed by atoms with E-state index in [0.717, 1.165) is 19.4 Å². The van der Waals surface area contributed by atoms with Crippen molar-refractivity contribution in [2.75, 3.05) is 33.4 Å². The second-order valence-electron chi connectivity index (χ2n) is 6.89. The smallest absolute Gasteiger partial charge is 0.318 e. The minimum absolute atomic E-state index is 0.0288. The number of likely N-dealkylation sites (tertiary alicyclic amines) is 1. The summed E-state index contributed by atoms with van der Waals surface area (Å²) in [7, 11) is 1.65. The average Bonchev–Trinajstić information content (AvgIpc) is 3.06. The van der Waals surface area contributed by atoms with Crippen molar-refractivity contribution in [2.45, 2.75) is 30.8 Å². The second-order valence-corrected chi connectivity index (χ2v) is 7.67. The van der Waals surface area contributed by atoms with Crippen molar-refractivity contribution in [3.8, 4) is 0 Å². The number of piperidine rings is 1. The Morgan fingerprint density at radius 3 is 3.12 bits per heavy atom. The third kappa shape index (κ3) is 2.80. The molecule has 4 rings (SSSR count). The van der Waals surface area contributed by atoms with Crippen molar-refractivity contribution in [3.63, 3.8) is 0 Å². The Kier molecular flexibility index (Phi) is 4.22. The Labute approximate surface area is 145 Å². The van der Waals surface area contributed by atoms with Crippen molar-refractivity contribution >= 4 is 23.3 Å². The molecular formula is C17H23N3O3S. The number of methoxy groups -OCH3 is 1. The summed E-state index contributed by atoms with van der Waals surface area (Å²) in [6.45, 7) is 2.53. The van der Waals surface area contributed by atoms with Crippen molar-refractivity contribution in [2.24, 2.45) is 5.92 Å². The minimum Gasteiger partial charge on any atom is -0.383 e. The summed E-state index contributed by atoms with van der Waals surface area (Å²) in [5.74, 6) is 0.796. The summed E-state index contributed by atoms with van der Waals surface area (Å²) in [6.07, 6.45) is 1.81. The van der Waals surface area contributed by atoms with E-state index in [1.165, 1.54) is 5.56 Å². The molecule has 3 heterocycles. The summed E-state index contributed by atoms with van der Waals surface area (Å²) >= 11 is 1.69. The van der Waals surface area contributed by atoms with Crippen LogP contribution in [0.25, 0.3) is 0 Å². The second kappa shape index (κ2) is 6.37. The number of carbonyl (C=O) groups excluding carboxylic acids is 2. The quantitative estimate of drug-likeness (QED) is 0.876. The zero-order valence-electron chi connectivity index (χ0n) is 13.8. The first kappa shape index (κ1) is 15.9. The van der Waals surface area contributed by atoms with E-state index >= 15 is 0 Å². The van der Waals surface area contributed by atoms with E-state index in [4.69, 9.17) is 4.74 Å². The molecule has 24 heavy (non-hydrogen) atoms. The number of hydrogen-bond acceptors (Lipinski definition) is 4. The molecular weight excluding hydrogens is 326 g/mol. The molecule has 1 aliphatic carbocycles. The van der Waals surface area contributed by atoms with E-state index in [1.54, 1.807) is 18.4 Å². The van der Waals surface area contributed by atoms with Gasteiger partial charge in [-0.25, -0.2) is 4.79 Å². The van der Waals surface area contributed by atoms with Gasteiger partial charge in [-0.15, -0.1) is 0 Å². The molecule has 6 nitrogen and oxygen atoms in total. The maximum Gasteiger partial charge on any atom is 0.318 e. The Morgan fingerprint density at radius 2 is 2.38 bits per heavy atom. The van der Waals surface area contributed by atoms with E-state index in [-0.39, 0.29) is 29.9 Å². The van der Waals surface area contributed by atoms with Crippen LogP contribution in [-0.4, -0.2) is 67.2 Å². The molecule has 0 radical (unpaired) electrons. The molecule has 3 fully saturated rings. The van der Waals surface area contributed by atoms with E-state index in [0.29, 0.717) is 25.6 Å². The van der Waals surface area contributed by atoms with E-state index in [2.05, 4.69) is 22.1 Å².